The van der Waals surface area contributed by atoms with E-state index in [-0.39, 0.29) is 6.61 Å². The Kier molecular flexibility index (Phi) is 4.58. The molecule has 0 fully saturated rings. The number of primary amides is 1. The molecule has 4 aromatic rings. The molecule has 1 amide bonds. The number of aromatic nitrogens is 6. The first-order valence-corrected chi connectivity index (χ1v) is 8.45. The summed E-state index contributed by atoms with van der Waals surface area (Å²) in [5.74, 6) is -0.606. The summed E-state index contributed by atoms with van der Waals surface area (Å²) in [4.78, 5) is 28.7. The van der Waals surface area contributed by atoms with Crippen molar-refractivity contribution in [3.63, 3.8) is 0 Å². The van der Waals surface area contributed by atoms with Gasteiger partial charge >= 0.3 is 0 Å². The third-order valence-electron chi connectivity index (χ3n) is 4.01. The lowest BCUT2D eigenvalue weighted by Crippen LogP contribution is -2.17. The molecule has 4 rings (SSSR count). The van der Waals surface area contributed by atoms with E-state index >= 15 is 0 Å². The number of benzene rings is 1. The van der Waals surface area contributed by atoms with Gasteiger partial charge in [-0.25, -0.2) is 14.6 Å². The van der Waals surface area contributed by atoms with Crippen LogP contribution in [-0.2, 0) is 16.2 Å². The van der Waals surface area contributed by atoms with Gasteiger partial charge in [-0.3, -0.25) is 9.78 Å². The maximum Gasteiger partial charge on any atom is 0.258 e. The van der Waals surface area contributed by atoms with Gasteiger partial charge in [-0.1, -0.05) is 22.5 Å². The second-order valence-electron chi connectivity index (χ2n) is 6.10. The first-order chi connectivity index (χ1) is 13.6. The van der Waals surface area contributed by atoms with Crippen molar-refractivity contribution in [2.24, 2.45) is 10.9 Å². The zero-order valence-corrected chi connectivity index (χ0v) is 15.0. The third kappa shape index (κ3) is 3.61. The Morgan fingerprint density at radius 1 is 1.29 bits per heavy atom. The predicted molar refractivity (Wildman–Crippen MR) is 101 cm³/mol. The number of fused-ring (bicyclic) bond motifs is 2. The summed E-state index contributed by atoms with van der Waals surface area (Å²) < 4.78 is 1.67. The second kappa shape index (κ2) is 7.35. The fraction of sp³-hybridized carbons (Fsp3) is 0.167. The quantitative estimate of drug-likeness (QED) is 0.392. The highest BCUT2D eigenvalue weighted by Gasteiger charge is 2.11. The minimum atomic E-state index is -0.606. The van der Waals surface area contributed by atoms with Gasteiger partial charge in [0.15, 0.2) is 12.3 Å². The number of pyridine rings is 1. The molecular weight excluding hydrogens is 360 g/mol. The molecule has 3 aromatic heterocycles. The molecule has 10 heteroatoms. The van der Waals surface area contributed by atoms with Crippen molar-refractivity contribution in [2.75, 3.05) is 6.61 Å². The van der Waals surface area contributed by atoms with Gasteiger partial charge in [0, 0.05) is 11.6 Å². The predicted octanol–water partition coefficient (Wildman–Crippen LogP) is 1.04. The highest BCUT2D eigenvalue weighted by Crippen LogP contribution is 2.15. The molecule has 0 aliphatic carbocycles. The topological polar surface area (TPSA) is 134 Å². The molecule has 28 heavy (non-hydrogen) atoms. The number of carbonyl (C=O) groups is 1. The van der Waals surface area contributed by atoms with E-state index in [1.807, 2.05) is 24.3 Å². The summed E-state index contributed by atoms with van der Waals surface area (Å²) in [6, 6.07) is 9.92. The monoisotopic (exact) mass is 376 g/mol. The van der Waals surface area contributed by atoms with E-state index in [4.69, 9.17) is 10.6 Å². The van der Waals surface area contributed by atoms with E-state index in [1.54, 1.807) is 17.8 Å². The molecule has 0 spiro atoms. The molecule has 0 aliphatic rings. The zero-order valence-electron chi connectivity index (χ0n) is 15.0. The van der Waals surface area contributed by atoms with Crippen LogP contribution >= 0.6 is 0 Å². The molecule has 0 bridgehead atoms. The Morgan fingerprint density at radius 2 is 2.18 bits per heavy atom. The van der Waals surface area contributed by atoms with Gasteiger partial charge in [-0.2, -0.15) is 0 Å². The van der Waals surface area contributed by atoms with E-state index in [0.29, 0.717) is 29.2 Å². The number of nitrogens with zero attached hydrogens (tertiary/aromatic N) is 7. The van der Waals surface area contributed by atoms with Gasteiger partial charge in [0.05, 0.1) is 18.3 Å². The second-order valence-corrected chi connectivity index (χ2v) is 6.10. The maximum atomic E-state index is 10.7. The van der Waals surface area contributed by atoms with Crippen molar-refractivity contribution >= 4 is 33.8 Å². The fourth-order valence-corrected chi connectivity index (χ4v) is 2.67. The van der Waals surface area contributed by atoms with Crippen LogP contribution in [0.1, 0.15) is 18.2 Å². The number of hydrogen-bond acceptors (Lipinski definition) is 8. The SMILES string of the molecule is C/C(=N/OCC(N)=O)c1cnc2nnn(Cc3ccc4ncccc4c3)c2n1. The minimum absolute atomic E-state index is 0.302. The number of nitrogens with two attached hydrogens (primary N) is 1. The molecule has 2 N–H and O–H groups in total. The van der Waals surface area contributed by atoms with Gasteiger partial charge in [0.2, 0.25) is 5.65 Å². The van der Waals surface area contributed by atoms with E-state index in [0.717, 1.165) is 16.5 Å². The van der Waals surface area contributed by atoms with Crippen molar-refractivity contribution in [1.29, 1.82) is 0 Å². The maximum absolute atomic E-state index is 10.7. The number of oxime groups is 1. The summed E-state index contributed by atoms with van der Waals surface area (Å²) in [6.07, 6.45) is 3.29. The Balaban J connectivity index is 1.62. The fourth-order valence-electron chi connectivity index (χ4n) is 2.67. The highest BCUT2D eigenvalue weighted by atomic mass is 16.6. The Labute approximate surface area is 159 Å². The Bertz CT molecular complexity index is 1200. The number of hydrogen-bond donors (Lipinski definition) is 1. The average molecular weight is 376 g/mol. The van der Waals surface area contributed by atoms with Crippen molar-refractivity contribution in [3.05, 3.63) is 54.0 Å². The zero-order chi connectivity index (χ0) is 19.5. The molecule has 10 nitrogen and oxygen atoms in total. The van der Waals surface area contributed by atoms with Crippen molar-refractivity contribution < 1.29 is 9.63 Å². The van der Waals surface area contributed by atoms with E-state index in [1.165, 1.54) is 6.20 Å². The lowest BCUT2D eigenvalue weighted by atomic mass is 10.1. The first kappa shape index (κ1) is 17.5. The van der Waals surface area contributed by atoms with E-state index in [2.05, 4.69) is 36.5 Å². The number of carbonyl (C=O) groups excluding carboxylic acids is 1. The van der Waals surface area contributed by atoms with E-state index < -0.39 is 5.91 Å². The van der Waals surface area contributed by atoms with Gasteiger partial charge < -0.3 is 10.6 Å². The van der Waals surface area contributed by atoms with Crippen molar-refractivity contribution in [3.8, 4) is 0 Å². The minimum Gasteiger partial charge on any atom is -0.385 e. The van der Waals surface area contributed by atoms with Crippen molar-refractivity contribution in [2.45, 2.75) is 13.5 Å². The van der Waals surface area contributed by atoms with Crippen LogP contribution in [0.15, 0.2) is 47.9 Å². The summed E-state index contributed by atoms with van der Waals surface area (Å²) in [5.41, 5.74) is 8.88. The van der Waals surface area contributed by atoms with Crippen LogP contribution in [0.3, 0.4) is 0 Å². The first-order valence-electron chi connectivity index (χ1n) is 8.45. The lowest BCUT2D eigenvalue weighted by Gasteiger charge is -2.05. The molecule has 0 saturated carbocycles. The molecule has 140 valence electrons. The van der Waals surface area contributed by atoms with Crippen LogP contribution in [0.25, 0.3) is 22.2 Å². The van der Waals surface area contributed by atoms with Gasteiger partial charge in [0.1, 0.15) is 11.4 Å². The van der Waals surface area contributed by atoms with Crippen LogP contribution in [0.2, 0.25) is 0 Å². The van der Waals surface area contributed by atoms with Crippen LogP contribution in [-0.4, -0.2) is 48.2 Å². The lowest BCUT2D eigenvalue weighted by molar-refractivity contribution is -0.122. The van der Waals surface area contributed by atoms with Crippen molar-refractivity contribution in [1.82, 2.24) is 29.9 Å². The largest absolute Gasteiger partial charge is 0.385 e. The number of amides is 1. The molecule has 0 saturated heterocycles. The van der Waals surface area contributed by atoms with Crippen LogP contribution < -0.4 is 5.73 Å². The molecule has 3 heterocycles. The molecule has 0 radical (unpaired) electrons. The van der Waals surface area contributed by atoms with Gasteiger partial charge in [0.25, 0.3) is 5.91 Å². The van der Waals surface area contributed by atoms with Gasteiger partial charge in [-0.15, -0.1) is 5.10 Å². The molecular formula is C18H16N8O2. The summed E-state index contributed by atoms with van der Waals surface area (Å²) >= 11 is 0. The average Bonchev–Trinajstić information content (AvgIpc) is 3.09. The molecule has 0 unspecified atom stereocenters. The highest BCUT2D eigenvalue weighted by molar-refractivity contribution is 5.97. The Morgan fingerprint density at radius 3 is 3.04 bits per heavy atom. The smallest absolute Gasteiger partial charge is 0.258 e. The summed E-state index contributed by atoms with van der Waals surface area (Å²) in [5, 5.41) is 13.1. The van der Waals surface area contributed by atoms with Gasteiger partial charge in [-0.05, 0) is 30.7 Å². The normalized spacial score (nSPS) is 11.8. The summed E-state index contributed by atoms with van der Waals surface area (Å²) in [7, 11) is 0. The van der Waals surface area contributed by atoms with E-state index in [9.17, 15) is 4.79 Å². The third-order valence-corrected chi connectivity index (χ3v) is 4.01. The van der Waals surface area contributed by atoms with Crippen LogP contribution in [0, 0.1) is 0 Å². The summed E-state index contributed by atoms with van der Waals surface area (Å²) in [6.45, 7) is 1.87. The Hall–Kier alpha value is -3.95. The molecule has 0 atom stereocenters. The van der Waals surface area contributed by atoms with Crippen LogP contribution in [0.5, 0.6) is 0 Å². The molecule has 1 aromatic carbocycles. The number of rotatable bonds is 6. The van der Waals surface area contributed by atoms with Crippen LogP contribution in [0.4, 0.5) is 0 Å². The standard InChI is InChI=1S/C18H16N8O2/c1-11(24-28-10-16(19)27)15-8-21-17-18(22-15)26(25-23-17)9-12-4-5-14-13(7-12)3-2-6-20-14/h2-8H,9-10H2,1H3,(H2,19,27)/b24-11-. The molecule has 0 aliphatic heterocycles.